The van der Waals surface area contributed by atoms with Gasteiger partial charge in [0.2, 0.25) is 0 Å². The van der Waals surface area contributed by atoms with Gasteiger partial charge in [-0.3, -0.25) is 0 Å². The molecule has 0 saturated heterocycles. The molecule has 0 unspecified atom stereocenters. The van der Waals surface area contributed by atoms with Crippen molar-refractivity contribution in [3.05, 3.63) is 188 Å². The first-order chi connectivity index (χ1) is 24.8. The summed E-state index contributed by atoms with van der Waals surface area (Å²) >= 11 is 0. The van der Waals surface area contributed by atoms with Gasteiger partial charge in [-0.1, -0.05) is 146 Å². The summed E-state index contributed by atoms with van der Waals surface area (Å²) in [6, 6.07) is 67.5. The minimum Gasteiger partial charge on any atom is -0.455 e. The molecule has 0 spiro atoms. The Morgan fingerprint density at radius 1 is 0.320 bits per heavy atom. The van der Waals surface area contributed by atoms with Gasteiger partial charge in [0.25, 0.3) is 0 Å². The van der Waals surface area contributed by atoms with E-state index in [-0.39, 0.29) is 0 Å². The van der Waals surface area contributed by atoms with E-state index in [9.17, 15) is 0 Å². The van der Waals surface area contributed by atoms with Gasteiger partial charge in [0.15, 0.2) is 0 Å². The van der Waals surface area contributed by atoms with Crippen molar-refractivity contribution in [3.8, 4) is 22.3 Å². The predicted octanol–water partition coefficient (Wildman–Crippen LogP) is 13.8. The summed E-state index contributed by atoms with van der Waals surface area (Å²) in [7, 11) is 0. The molecule has 0 radical (unpaired) electrons. The van der Waals surface area contributed by atoms with Gasteiger partial charge < -0.3 is 9.32 Å². The molecule has 234 valence electrons. The van der Waals surface area contributed by atoms with Gasteiger partial charge in [0, 0.05) is 33.4 Å². The van der Waals surface area contributed by atoms with Gasteiger partial charge in [-0.2, -0.15) is 0 Å². The average molecular weight is 638 g/mol. The molecule has 0 atom stereocenters. The number of fused-ring (bicyclic) bond motifs is 8. The molecule has 2 nitrogen and oxygen atoms in total. The van der Waals surface area contributed by atoms with E-state index in [4.69, 9.17) is 4.42 Å². The van der Waals surface area contributed by atoms with Crippen LogP contribution in [0.5, 0.6) is 0 Å². The van der Waals surface area contributed by atoms with Crippen LogP contribution in [0.1, 0.15) is 0 Å². The summed E-state index contributed by atoms with van der Waals surface area (Å²) in [5.41, 5.74) is 9.70. The zero-order chi connectivity index (χ0) is 33.0. The van der Waals surface area contributed by atoms with Crippen LogP contribution in [0.2, 0.25) is 0 Å². The van der Waals surface area contributed by atoms with Crippen molar-refractivity contribution in [3.63, 3.8) is 0 Å². The number of nitrogens with zero attached hydrogens (tertiary/aromatic N) is 1. The molecule has 1 heterocycles. The van der Waals surface area contributed by atoms with E-state index < -0.39 is 0 Å². The Hall–Kier alpha value is -6.64. The molecule has 0 fully saturated rings. The summed E-state index contributed by atoms with van der Waals surface area (Å²) in [4.78, 5) is 2.37. The molecule has 0 saturated carbocycles. The number of furan rings is 1. The Bertz CT molecular complexity index is 2870. The van der Waals surface area contributed by atoms with Gasteiger partial charge in [0.05, 0.1) is 0 Å². The fourth-order valence-electron chi connectivity index (χ4n) is 7.61. The first-order valence-electron chi connectivity index (χ1n) is 17.1. The molecule has 10 aromatic rings. The van der Waals surface area contributed by atoms with E-state index >= 15 is 0 Å². The van der Waals surface area contributed by atoms with E-state index in [1.807, 2.05) is 12.1 Å². The molecule has 0 amide bonds. The topological polar surface area (TPSA) is 16.4 Å². The Labute approximate surface area is 290 Å². The number of benzene rings is 9. The second kappa shape index (κ2) is 11.5. The largest absolute Gasteiger partial charge is 0.455 e. The molecule has 50 heavy (non-hydrogen) atoms. The SMILES string of the molecule is c1ccc(-c2cccc(N(c3ccc(-c4cccc5c4oc4ccccc45)cc3)c3ccc4ccc5c6ccccc6ccc5c4c3)c2)cc1. The zero-order valence-electron chi connectivity index (χ0n) is 27.3. The van der Waals surface area contributed by atoms with Crippen molar-refractivity contribution in [2.75, 3.05) is 4.90 Å². The van der Waals surface area contributed by atoms with Crippen LogP contribution in [0.25, 0.3) is 76.5 Å². The second-order valence-electron chi connectivity index (χ2n) is 12.9. The lowest BCUT2D eigenvalue weighted by Gasteiger charge is -2.27. The molecule has 0 N–H and O–H groups in total. The standard InChI is InChI=1S/C48H31NO/c1-2-10-32(11-3-1)36-13-8-14-38(30-36)49(39-27-22-35-24-28-42-40-15-5-4-12-33(40)23-29-43(42)46(35)31-39)37-25-20-34(21-26-37)41-17-9-18-45-44-16-6-7-19-47(44)50-48(41)45/h1-31H. The maximum Gasteiger partial charge on any atom is 0.143 e. The summed E-state index contributed by atoms with van der Waals surface area (Å²) in [6.45, 7) is 0. The van der Waals surface area contributed by atoms with Crippen LogP contribution in [0, 0.1) is 0 Å². The van der Waals surface area contributed by atoms with Crippen molar-refractivity contribution < 1.29 is 4.42 Å². The van der Waals surface area contributed by atoms with Gasteiger partial charge in [-0.05, 0) is 91.5 Å². The molecule has 2 heteroatoms. The number of para-hydroxylation sites is 2. The smallest absolute Gasteiger partial charge is 0.143 e. The van der Waals surface area contributed by atoms with E-state index in [1.54, 1.807) is 0 Å². The normalized spacial score (nSPS) is 11.6. The number of anilines is 3. The summed E-state index contributed by atoms with van der Waals surface area (Å²) in [6.07, 6.45) is 0. The van der Waals surface area contributed by atoms with Gasteiger partial charge in [0.1, 0.15) is 11.2 Å². The average Bonchev–Trinajstić information content (AvgIpc) is 3.58. The first kappa shape index (κ1) is 28.4. The van der Waals surface area contributed by atoms with Crippen LogP contribution < -0.4 is 4.90 Å². The highest BCUT2D eigenvalue weighted by molar-refractivity contribution is 6.18. The molecule has 0 aliphatic rings. The van der Waals surface area contributed by atoms with Gasteiger partial charge in [-0.25, -0.2) is 0 Å². The third-order valence-electron chi connectivity index (χ3n) is 10.0. The van der Waals surface area contributed by atoms with Crippen molar-refractivity contribution in [1.82, 2.24) is 0 Å². The van der Waals surface area contributed by atoms with Crippen LogP contribution in [-0.2, 0) is 0 Å². The molecule has 1 aromatic heterocycles. The maximum absolute atomic E-state index is 6.40. The number of hydrogen-bond acceptors (Lipinski definition) is 2. The molecule has 10 rings (SSSR count). The van der Waals surface area contributed by atoms with Gasteiger partial charge in [-0.15, -0.1) is 0 Å². The van der Waals surface area contributed by atoms with Crippen molar-refractivity contribution in [1.29, 1.82) is 0 Å². The van der Waals surface area contributed by atoms with Crippen LogP contribution in [0.4, 0.5) is 17.1 Å². The van der Waals surface area contributed by atoms with E-state index in [1.165, 1.54) is 43.4 Å². The third kappa shape index (κ3) is 4.65. The summed E-state index contributed by atoms with van der Waals surface area (Å²) in [5.74, 6) is 0. The van der Waals surface area contributed by atoms with Crippen molar-refractivity contribution >= 4 is 71.3 Å². The lowest BCUT2D eigenvalue weighted by molar-refractivity contribution is 0.670. The van der Waals surface area contributed by atoms with Crippen LogP contribution in [-0.4, -0.2) is 0 Å². The third-order valence-corrected chi connectivity index (χ3v) is 10.0. The van der Waals surface area contributed by atoms with Crippen LogP contribution >= 0.6 is 0 Å². The summed E-state index contributed by atoms with van der Waals surface area (Å²) < 4.78 is 6.40. The van der Waals surface area contributed by atoms with E-state index in [0.29, 0.717) is 0 Å². The fourth-order valence-corrected chi connectivity index (χ4v) is 7.61. The molecule has 0 bridgehead atoms. The molecule has 9 aromatic carbocycles. The fraction of sp³-hybridized carbons (Fsp3) is 0. The minimum absolute atomic E-state index is 0.910. The molecular formula is C48H31NO. The number of rotatable bonds is 5. The minimum atomic E-state index is 0.910. The Morgan fingerprint density at radius 2 is 0.940 bits per heavy atom. The Kier molecular flexibility index (Phi) is 6.53. The Balaban J connectivity index is 1.15. The lowest BCUT2D eigenvalue weighted by atomic mass is 9.96. The highest BCUT2D eigenvalue weighted by Gasteiger charge is 2.17. The Morgan fingerprint density at radius 3 is 1.80 bits per heavy atom. The second-order valence-corrected chi connectivity index (χ2v) is 12.9. The van der Waals surface area contributed by atoms with Gasteiger partial charge >= 0.3 is 0 Å². The predicted molar refractivity (Wildman–Crippen MR) is 212 cm³/mol. The van der Waals surface area contributed by atoms with Crippen LogP contribution in [0.15, 0.2) is 192 Å². The monoisotopic (exact) mass is 637 g/mol. The lowest BCUT2D eigenvalue weighted by Crippen LogP contribution is -2.10. The zero-order valence-corrected chi connectivity index (χ0v) is 27.3. The number of hydrogen-bond donors (Lipinski definition) is 0. The quantitative estimate of drug-likeness (QED) is 0.175. The van der Waals surface area contributed by atoms with E-state index in [0.717, 1.165) is 50.1 Å². The summed E-state index contributed by atoms with van der Waals surface area (Å²) in [5, 5.41) is 9.81. The maximum atomic E-state index is 6.40. The first-order valence-corrected chi connectivity index (χ1v) is 17.1. The highest BCUT2D eigenvalue weighted by Crippen LogP contribution is 2.42. The van der Waals surface area contributed by atoms with E-state index in [2.05, 4.69) is 181 Å². The molecule has 0 aliphatic heterocycles. The van der Waals surface area contributed by atoms with Crippen molar-refractivity contribution in [2.45, 2.75) is 0 Å². The van der Waals surface area contributed by atoms with Crippen molar-refractivity contribution in [2.24, 2.45) is 0 Å². The molecular weight excluding hydrogens is 607 g/mol. The highest BCUT2D eigenvalue weighted by atomic mass is 16.3. The van der Waals surface area contributed by atoms with Crippen LogP contribution in [0.3, 0.4) is 0 Å². The molecule has 0 aliphatic carbocycles.